The average Bonchev–Trinajstić information content (AvgIpc) is 2.77. The third-order valence-electron chi connectivity index (χ3n) is 2.52. The molecule has 0 bridgehead atoms. The number of aliphatic hydroxyl groups excluding tert-OH is 1. The van der Waals surface area contributed by atoms with Gasteiger partial charge in [0.25, 0.3) is 0 Å². The zero-order valence-electron chi connectivity index (χ0n) is 9.05. The van der Waals surface area contributed by atoms with Crippen molar-refractivity contribution >= 4 is 0 Å². The van der Waals surface area contributed by atoms with Gasteiger partial charge in [-0.3, -0.25) is 4.68 Å². The molecule has 0 spiro atoms. The summed E-state index contributed by atoms with van der Waals surface area (Å²) >= 11 is 0. The van der Waals surface area contributed by atoms with E-state index in [1.807, 2.05) is 10.9 Å². The molecule has 2 rings (SSSR count). The Morgan fingerprint density at radius 3 is 2.93 bits per heavy atom. The summed E-state index contributed by atoms with van der Waals surface area (Å²) in [5, 5.41) is 16.8. The molecule has 2 N–H and O–H groups in total. The van der Waals surface area contributed by atoms with Gasteiger partial charge in [0.2, 0.25) is 0 Å². The highest BCUT2D eigenvalue weighted by Gasteiger charge is 2.26. The minimum atomic E-state index is -0.424. The van der Waals surface area contributed by atoms with Crippen LogP contribution in [-0.2, 0) is 0 Å². The predicted octanol–water partition coefficient (Wildman–Crippen LogP) is 0.175. The molecule has 1 aromatic rings. The molecule has 1 saturated heterocycles. The number of hydrogen-bond donors (Lipinski definition) is 2. The van der Waals surface area contributed by atoms with Crippen molar-refractivity contribution < 1.29 is 9.84 Å². The van der Waals surface area contributed by atoms with Crippen LogP contribution in [-0.4, -0.2) is 40.2 Å². The van der Waals surface area contributed by atoms with Gasteiger partial charge in [-0.1, -0.05) is 0 Å². The van der Waals surface area contributed by atoms with E-state index in [1.54, 1.807) is 6.20 Å². The molecule has 84 valence electrons. The van der Waals surface area contributed by atoms with Crippen LogP contribution in [0.5, 0.6) is 5.75 Å². The molecule has 5 heteroatoms. The number of hydrogen-bond acceptors (Lipinski definition) is 4. The van der Waals surface area contributed by atoms with Gasteiger partial charge in [0.05, 0.1) is 12.4 Å². The molecular weight excluding hydrogens is 194 g/mol. The molecule has 5 nitrogen and oxygen atoms in total. The van der Waals surface area contributed by atoms with Gasteiger partial charge < -0.3 is 15.2 Å². The summed E-state index contributed by atoms with van der Waals surface area (Å²) in [5.41, 5.74) is 0. The fourth-order valence-electron chi connectivity index (χ4n) is 1.60. The molecule has 0 aromatic carbocycles. The molecule has 15 heavy (non-hydrogen) atoms. The van der Waals surface area contributed by atoms with Crippen molar-refractivity contribution in [1.82, 2.24) is 15.1 Å². The average molecular weight is 211 g/mol. The van der Waals surface area contributed by atoms with Crippen molar-refractivity contribution in [1.29, 1.82) is 0 Å². The molecular formula is C10H17N3O2. The lowest BCUT2D eigenvalue weighted by atomic mass is 10.2. The van der Waals surface area contributed by atoms with E-state index < -0.39 is 6.10 Å². The van der Waals surface area contributed by atoms with Gasteiger partial charge in [0, 0.05) is 19.1 Å². The molecule has 2 unspecified atom stereocenters. The highest BCUT2D eigenvalue weighted by atomic mass is 16.5. The first-order valence-electron chi connectivity index (χ1n) is 5.26. The van der Waals surface area contributed by atoms with E-state index in [0.29, 0.717) is 19.1 Å². The topological polar surface area (TPSA) is 59.3 Å². The molecule has 1 aromatic heterocycles. The molecule has 2 atom stereocenters. The molecule has 1 aliphatic rings. The Morgan fingerprint density at radius 1 is 1.60 bits per heavy atom. The first kappa shape index (κ1) is 10.4. The van der Waals surface area contributed by atoms with E-state index >= 15 is 0 Å². The van der Waals surface area contributed by atoms with Gasteiger partial charge in [-0.05, 0) is 13.8 Å². The first-order valence-corrected chi connectivity index (χ1v) is 5.26. The molecule has 0 saturated carbocycles. The van der Waals surface area contributed by atoms with E-state index in [-0.39, 0.29) is 6.10 Å². The standard InChI is InChI=1S/C10H17N3O2/c1-7(2)13-6-8(3-12-13)15-10-5-11-4-9(10)14/h3,6-7,9-11,14H,4-5H2,1-2H3. The quantitative estimate of drug-likeness (QED) is 0.748. The highest BCUT2D eigenvalue weighted by Crippen LogP contribution is 2.16. The first-order chi connectivity index (χ1) is 7.16. The van der Waals surface area contributed by atoms with Crippen molar-refractivity contribution in [3.63, 3.8) is 0 Å². The summed E-state index contributed by atoms with van der Waals surface area (Å²) in [7, 11) is 0. The maximum atomic E-state index is 9.55. The van der Waals surface area contributed by atoms with Crippen molar-refractivity contribution in [2.24, 2.45) is 0 Å². The predicted molar refractivity (Wildman–Crippen MR) is 55.9 cm³/mol. The number of nitrogens with one attached hydrogen (secondary N) is 1. The van der Waals surface area contributed by atoms with Crippen LogP contribution in [0.4, 0.5) is 0 Å². The van der Waals surface area contributed by atoms with Crippen LogP contribution in [0.3, 0.4) is 0 Å². The van der Waals surface area contributed by atoms with E-state index in [1.165, 1.54) is 0 Å². The fourth-order valence-corrected chi connectivity index (χ4v) is 1.60. The number of aliphatic hydroxyl groups is 1. The second kappa shape index (κ2) is 4.20. The van der Waals surface area contributed by atoms with E-state index in [9.17, 15) is 5.11 Å². The van der Waals surface area contributed by atoms with Gasteiger partial charge in [0.15, 0.2) is 5.75 Å². The number of ether oxygens (including phenoxy) is 1. The number of rotatable bonds is 3. The largest absolute Gasteiger partial charge is 0.483 e. The Labute approximate surface area is 89.0 Å². The maximum absolute atomic E-state index is 9.55. The zero-order chi connectivity index (χ0) is 10.8. The third kappa shape index (κ3) is 2.30. The molecule has 0 amide bonds. The van der Waals surface area contributed by atoms with Gasteiger partial charge in [-0.15, -0.1) is 0 Å². The summed E-state index contributed by atoms with van der Waals surface area (Å²) in [6, 6.07) is 0.328. The normalized spacial score (nSPS) is 26.1. The molecule has 0 radical (unpaired) electrons. The van der Waals surface area contributed by atoms with E-state index in [0.717, 1.165) is 5.75 Å². The second-order valence-electron chi connectivity index (χ2n) is 4.13. The van der Waals surface area contributed by atoms with Crippen LogP contribution in [0.1, 0.15) is 19.9 Å². The van der Waals surface area contributed by atoms with Gasteiger partial charge in [-0.25, -0.2) is 0 Å². The van der Waals surface area contributed by atoms with Gasteiger partial charge >= 0.3 is 0 Å². The molecule has 0 aliphatic carbocycles. The third-order valence-corrected chi connectivity index (χ3v) is 2.52. The molecule has 2 heterocycles. The van der Waals surface area contributed by atoms with Crippen molar-refractivity contribution in [2.75, 3.05) is 13.1 Å². The van der Waals surface area contributed by atoms with Gasteiger partial charge in [0.1, 0.15) is 12.2 Å². The monoisotopic (exact) mass is 211 g/mol. The van der Waals surface area contributed by atoms with Crippen LogP contribution < -0.4 is 10.1 Å². The Bertz CT molecular complexity index is 324. The fraction of sp³-hybridized carbons (Fsp3) is 0.700. The van der Waals surface area contributed by atoms with E-state index in [4.69, 9.17) is 4.74 Å². The van der Waals surface area contributed by atoms with Crippen molar-refractivity contribution in [3.8, 4) is 5.75 Å². The van der Waals surface area contributed by atoms with Crippen LogP contribution in [0.2, 0.25) is 0 Å². The Morgan fingerprint density at radius 2 is 2.40 bits per heavy atom. The summed E-state index contributed by atoms with van der Waals surface area (Å²) < 4.78 is 7.46. The summed E-state index contributed by atoms with van der Waals surface area (Å²) in [6.45, 7) is 5.41. The summed E-state index contributed by atoms with van der Waals surface area (Å²) in [6.07, 6.45) is 2.96. The molecule has 1 aliphatic heterocycles. The Hall–Kier alpha value is -1.07. The van der Waals surface area contributed by atoms with Crippen LogP contribution in [0.15, 0.2) is 12.4 Å². The van der Waals surface area contributed by atoms with Crippen LogP contribution in [0.25, 0.3) is 0 Å². The molecule has 1 fully saturated rings. The highest BCUT2D eigenvalue weighted by molar-refractivity contribution is 5.13. The number of aromatic nitrogens is 2. The van der Waals surface area contributed by atoms with Crippen molar-refractivity contribution in [3.05, 3.63) is 12.4 Å². The minimum absolute atomic E-state index is 0.158. The lowest BCUT2D eigenvalue weighted by Crippen LogP contribution is -2.29. The number of nitrogens with zero attached hydrogens (tertiary/aromatic N) is 2. The second-order valence-corrected chi connectivity index (χ2v) is 4.13. The minimum Gasteiger partial charge on any atom is -0.483 e. The Kier molecular flexibility index (Phi) is 2.93. The summed E-state index contributed by atoms with van der Waals surface area (Å²) in [4.78, 5) is 0. The van der Waals surface area contributed by atoms with Gasteiger partial charge in [-0.2, -0.15) is 5.10 Å². The lowest BCUT2D eigenvalue weighted by molar-refractivity contribution is 0.0737. The van der Waals surface area contributed by atoms with E-state index in [2.05, 4.69) is 24.3 Å². The van der Waals surface area contributed by atoms with Crippen LogP contribution in [0, 0.1) is 0 Å². The number of β-amino-alcohol motifs (C(OH)–C–C–N with tert-alkyl or cyclic N) is 1. The maximum Gasteiger partial charge on any atom is 0.157 e. The Balaban J connectivity index is 1.98. The van der Waals surface area contributed by atoms with Crippen LogP contribution >= 0.6 is 0 Å². The summed E-state index contributed by atoms with van der Waals surface area (Å²) in [5.74, 6) is 0.719. The van der Waals surface area contributed by atoms with Crippen molar-refractivity contribution in [2.45, 2.75) is 32.1 Å². The zero-order valence-corrected chi connectivity index (χ0v) is 9.05. The SMILES string of the molecule is CC(C)n1cc(OC2CNCC2O)cn1. The lowest BCUT2D eigenvalue weighted by Gasteiger charge is -2.14. The smallest absolute Gasteiger partial charge is 0.157 e.